The summed E-state index contributed by atoms with van der Waals surface area (Å²) in [5.41, 5.74) is -2.10. The molecule has 12 heteroatoms. The number of carbonyl (C=O) groups is 1. The van der Waals surface area contributed by atoms with Gasteiger partial charge in [0.2, 0.25) is 5.95 Å². The molecule has 0 aliphatic carbocycles. The van der Waals surface area contributed by atoms with E-state index in [0.717, 1.165) is 11.8 Å². The van der Waals surface area contributed by atoms with Crippen molar-refractivity contribution in [1.82, 2.24) is 14.9 Å². The van der Waals surface area contributed by atoms with Gasteiger partial charge < -0.3 is 23.8 Å². The Hall–Kier alpha value is -2.86. The Labute approximate surface area is 221 Å². The molecule has 0 N–H and O–H groups in total. The van der Waals surface area contributed by atoms with Crippen molar-refractivity contribution in [2.45, 2.75) is 71.6 Å². The van der Waals surface area contributed by atoms with Crippen molar-refractivity contribution in [2.75, 3.05) is 24.5 Å². The van der Waals surface area contributed by atoms with Crippen molar-refractivity contribution >= 4 is 24.6 Å². The molecule has 2 aromatic rings. The van der Waals surface area contributed by atoms with E-state index >= 15 is 0 Å². The van der Waals surface area contributed by atoms with E-state index < -0.39 is 36.3 Å². The van der Waals surface area contributed by atoms with Crippen LogP contribution >= 0.6 is 0 Å². The van der Waals surface area contributed by atoms with Crippen LogP contribution in [0.4, 0.5) is 23.9 Å². The lowest BCUT2D eigenvalue weighted by Crippen LogP contribution is -2.57. The van der Waals surface area contributed by atoms with E-state index in [0.29, 0.717) is 0 Å². The number of ether oxygens (including phenoxy) is 1. The molecule has 1 aromatic carbocycles. The highest BCUT2D eigenvalue weighted by atomic mass is 19.4. The predicted molar refractivity (Wildman–Crippen MR) is 137 cm³/mol. The van der Waals surface area contributed by atoms with Crippen LogP contribution in [-0.2, 0) is 26.8 Å². The maximum absolute atomic E-state index is 14.2. The number of hydrogen-bond donors (Lipinski definition) is 0. The van der Waals surface area contributed by atoms with Crippen LogP contribution in [0.1, 0.15) is 52.8 Å². The lowest BCUT2D eigenvalue weighted by atomic mass is 9.78. The molecule has 2 fully saturated rings. The second-order valence-corrected chi connectivity index (χ2v) is 11.1. The fourth-order valence-corrected chi connectivity index (χ4v) is 4.50. The quantitative estimate of drug-likeness (QED) is 0.531. The van der Waals surface area contributed by atoms with Crippen LogP contribution in [0.25, 0.3) is 0 Å². The monoisotopic (exact) mass is 534 g/mol. The molecule has 3 heterocycles. The van der Waals surface area contributed by atoms with Crippen molar-refractivity contribution in [1.29, 1.82) is 0 Å². The summed E-state index contributed by atoms with van der Waals surface area (Å²) in [6, 6.07) is 9.03. The Balaban J connectivity index is 1.54. The van der Waals surface area contributed by atoms with Gasteiger partial charge in [-0.05, 0) is 39.2 Å². The fraction of sp³-hybridized carbons (Fsp3) is 0.577. The Kier molecular flexibility index (Phi) is 7.68. The lowest BCUT2D eigenvalue weighted by molar-refractivity contribution is -0.140. The van der Waals surface area contributed by atoms with Crippen LogP contribution in [0.5, 0.6) is 0 Å². The first kappa shape index (κ1) is 28.2. The van der Waals surface area contributed by atoms with Crippen molar-refractivity contribution in [3.63, 3.8) is 0 Å². The highest BCUT2D eigenvalue weighted by Gasteiger charge is 2.54. The maximum atomic E-state index is 14.2. The van der Waals surface area contributed by atoms with Crippen LogP contribution in [0.15, 0.2) is 36.5 Å². The molecule has 0 spiro atoms. The van der Waals surface area contributed by atoms with Crippen LogP contribution in [0.2, 0.25) is 0 Å². The number of hydrogen-bond acceptors (Lipinski definition) is 7. The van der Waals surface area contributed by atoms with Gasteiger partial charge in [-0.25, -0.2) is 14.8 Å². The van der Waals surface area contributed by atoms with Gasteiger partial charge in [0.15, 0.2) is 0 Å². The number of carbonyl (C=O) groups excluding carboxylic acids is 1. The molecule has 4 rings (SSSR count). The summed E-state index contributed by atoms with van der Waals surface area (Å²) >= 11 is 0. The molecule has 0 unspecified atom stereocenters. The summed E-state index contributed by atoms with van der Waals surface area (Å²) < 4.78 is 59.8. The number of amides is 1. The van der Waals surface area contributed by atoms with Gasteiger partial charge in [-0.3, -0.25) is 0 Å². The number of halogens is 3. The fourth-order valence-electron chi connectivity index (χ4n) is 4.50. The number of rotatable bonds is 5. The molecule has 206 valence electrons. The third-order valence-electron chi connectivity index (χ3n) is 7.49. The zero-order chi connectivity index (χ0) is 27.9. The summed E-state index contributed by atoms with van der Waals surface area (Å²) in [7, 11) is -1.25. The molecule has 1 aromatic heterocycles. The van der Waals surface area contributed by atoms with Gasteiger partial charge >= 0.3 is 19.4 Å². The number of piperazine rings is 1. The minimum atomic E-state index is -4.74. The number of nitrogens with zero attached hydrogens (tertiary/aromatic N) is 4. The van der Waals surface area contributed by atoms with Crippen molar-refractivity contribution < 1.29 is 32.0 Å². The number of anilines is 1. The highest BCUT2D eigenvalue weighted by Crippen LogP contribution is 2.38. The van der Waals surface area contributed by atoms with Crippen molar-refractivity contribution in [3.8, 4) is 0 Å². The van der Waals surface area contributed by atoms with Gasteiger partial charge in [-0.2, -0.15) is 13.2 Å². The standard InChI is InChI=1S/C26H34BF3N4O4/c1-17(2)20-15-33(23(35)36-16-18-10-8-7-9-11-18)12-13-34(20)22-31-14-19(21(32-22)26(28,29)30)27-37-24(3,4)25(5,6)38-27/h7-11,14,17,20H,12-13,15-16H2,1-6H3/t20-/m0/s1. The van der Waals surface area contributed by atoms with E-state index in [1.54, 1.807) is 37.5 Å². The molecule has 2 saturated heterocycles. The molecule has 1 atom stereocenters. The van der Waals surface area contributed by atoms with Crippen LogP contribution in [-0.4, -0.2) is 65.0 Å². The van der Waals surface area contributed by atoms with E-state index in [-0.39, 0.29) is 49.6 Å². The average Bonchev–Trinajstić information content (AvgIpc) is 3.08. The van der Waals surface area contributed by atoms with Gasteiger partial charge in [0.25, 0.3) is 0 Å². The summed E-state index contributed by atoms with van der Waals surface area (Å²) in [5.74, 6) is -0.0472. The second-order valence-electron chi connectivity index (χ2n) is 11.1. The SMILES string of the molecule is CC(C)[C@@H]1CN(C(=O)OCc2ccccc2)CCN1c1ncc(B2OC(C)(C)C(C)(C)O2)c(C(F)(F)F)n1. The van der Waals surface area contributed by atoms with E-state index in [1.807, 2.05) is 44.2 Å². The average molecular weight is 534 g/mol. The molecule has 1 amide bonds. The number of benzene rings is 1. The number of alkyl halides is 3. The molecule has 0 saturated carbocycles. The molecule has 2 aliphatic rings. The van der Waals surface area contributed by atoms with E-state index in [2.05, 4.69) is 9.97 Å². The molecule has 8 nitrogen and oxygen atoms in total. The molecular weight excluding hydrogens is 500 g/mol. The largest absolute Gasteiger partial charge is 0.498 e. The van der Waals surface area contributed by atoms with Gasteiger partial charge in [0.1, 0.15) is 12.3 Å². The maximum Gasteiger partial charge on any atom is 0.498 e. The Bertz CT molecular complexity index is 1130. The van der Waals surface area contributed by atoms with E-state index in [1.165, 1.54) is 0 Å². The van der Waals surface area contributed by atoms with Gasteiger partial charge in [0.05, 0.1) is 17.2 Å². The Morgan fingerprint density at radius 3 is 2.34 bits per heavy atom. The molecule has 2 aliphatic heterocycles. The van der Waals surface area contributed by atoms with E-state index in [4.69, 9.17) is 14.0 Å². The molecule has 0 bridgehead atoms. The zero-order valence-electron chi connectivity index (χ0n) is 22.6. The predicted octanol–water partition coefficient (Wildman–Crippen LogP) is 4.28. The molecule has 38 heavy (non-hydrogen) atoms. The summed E-state index contributed by atoms with van der Waals surface area (Å²) in [6.07, 6.45) is -4.06. The van der Waals surface area contributed by atoms with Crippen LogP contribution in [0, 0.1) is 5.92 Å². The van der Waals surface area contributed by atoms with E-state index in [9.17, 15) is 18.0 Å². The first-order valence-electron chi connectivity index (χ1n) is 12.7. The molecular formula is C26H34BF3N4O4. The summed E-state index contributed by atoms with van der Waals surface area (Å²) in [5, 5.41) is 0. The minimum Gasteiger partial charge on any atom is -0.445 e. The Morgan fingerprint density at radius 2 is 1.76 bits per heavy atom. The summed E-state index contributed by atoms with van der Waals surface area (Å²) in [4.78, 5) is 24.3. The minimum absolute atomic E-state index is 0.000402. The normalized spacial score (nSPS) is 21.2. The summed E-state index contributed by atoms with van der Waals surface area (Å²) in [6.45, 7) is 11.9. The van der Waals surface area contributed by atoms with Gasteiger partial charge in [0, 0.05) is 31.3 Å². The highest BCUT2D eigenvalue weighted by molar-refractivity contribution is 6.62. The Morgan fingerprint density at radius 1 is 1.13 bits per heavy atom. The molecule has 0 radical (unpaired) electrons. The van der Waals surface area contributed by atoms with Gasteiger partial charge in [-0.15, -0.1) is 0 Å². The van der Waals surface area contributed by atoms with Crippen LogP contribution < -0.4 is 10.4 Å². The smallest absolute Gasteiger partial charge is 0.445 e. The van der Waals surface area contributed by atoms with Crippen LogP contribution in [0.3, 0.4) is 0 Å². The third kappa shape index (κ3) is 5.75. The lowest BCUT2D eigenvalue weighted by Gasteiger charge is -2.43. The second kappa shape index (κ2) is 10.4. The topological polar surface area (TPSA) is 77.0 Å². The number of aromatic nitrogens is 2. The third-order valence-corrected chi connectivity index (χ3v) is 7.49. The van der Waals surface area contributed by atoms with Gasteiger partial charge in [-0.1, -0.05) is 44.2 Å². The first-order chi connectivity index (χ1) is 17.7. The van der Waals surface area contributed by atoms with Crippen molar-refractivity contribution in [3.05, 3.63) is 47.8 Å². The zero-order valence-corrected chi connectivity index (χ0v) is 22.6. The van der Waals surface area contributed by atoms with Crippen molar-refractivity contribution in [2.24, 2.45) is 5.92 Å². The first-order valence-corrected chi connectivity index (χ1v) is 12.7.